The molecule has 0 bridgehead atoms. The molecule has 4 N–H and O–H groups in total. The van der Waals surface area contributed by atoms with Crippen molar-refractivity contribution in [3.05, 3.63) is 36.4 Å². The first-order valence-electron chi connectivity index (χ1n) is 8.12. The average Bonchev–Trinajstić information content (AvgIpc) is 2.53. The van der Waals surface area contributed by atoms with Gasteiger partial charge >= 0.3 is 0 Å². The van der Waals surface area contributed by atoms with Crippen molar-refractivity contribution in [2.75, 3.05) is 5.32 Å². The van der Waals surface area contributed by atoms with Crippen LogP contribution in [0.15, 0.2) is 41.3 Å². The molecule has 1 heterocycles. The van der Waals surface area contributed by atoms with Gasteiger partial charge in [0.25, 0.3) is 15.9 Å². The molecule has 0 fully saturated rings. The van der Waals surface area contributed by atoms with Gasteiger partial charge in [0.15, 0.2) is 0 Å². The normalized spacial score (nSPS) is 25.0. The van der Waals surface area contributed by atoms with Crippen molar-refractivity contribution >= 4 is 27.5 Å². The fourth-order valence-corrected chi connectivity index (χ4v) is 3.65. The lowest BCUT2D eigenvalue weighted by Gasteiger charge is -2.22. The minimum atomic E-state index is -4.16. The fourth-order valence-electron chi connectivity index (χ4n) is 2.40. The summed E-state index contributed by atoms with van der Waals surface area (Å²) in [4.78, 5) is 24.2. The molecule has 1 aliphatic heterocycles. The van der Waals surface area contributed by atoms with Crippen LogP contribution in [0.25, 0.3) is 0 Å². The van der Waals surface area contributed by atoms with Gasteiger partial charge in [0.2, 0.25) is 5.91 Å². The van der Waals surface area contributed by atoms with E-state index in [1.807, 2.05) is 10.8 Å². The number of amides is 2. The first-order chi connectivity index (χ1) is 11.7. The fraction of sp³-hybridized carbons (Fsp3) is 0.412. The van der Waals surface area contributed by atoms with Gasteiger partial charge in [-0.1, -0.05) is 24.3 Å². The van der Waals surface area contributed by atoms with Crippen LogP contribution in [0.3, 0.4) is 0 Å². The number of hydrogen-bond acceptors (Lipinski definition) is 5. The number of hydrogen-bond donors (Lipinski definition) is 3. The summed E-state index contributed by atoms with van der Waals surface area (Å²) >= 11 is 0. The van der Waals surface area contributed by atoms with Crippen LogP contribution in [0.1, 0.15) is 39.0 Å². The molecular weight excluding hydrogens is 342 g/mol. The Balaban J connectivity index is 2.39. The Hall–Kier alpha value is -2.19. The average molecular weight is 365 g/mol. The number of sulfonamides is 1. The zero-order valence-electron chi connectivity index (χ0n) is 14.1. The van der Waals surface area contributed by atoms with Crippen molar-refractivity contribution in [1.82, 2.24) is 4.72 Å². The second-order valence-electron chi connectivity index (χ2n) is 6.32. The summed E-state index contributed by atoms with van der Waals surface area (Å²) in [6, 6.07) is 5.95. The van der Waals surface area contributed by atoms with Crippen LogP contribution in [0.5, 0.6) is 0 Å². The van der Waals surface area contributed by atoms with E-state index in [0.29, 0.717) is 12.8 Å². The highest BCUT2D eigenvalue weighted by molar-refractivity contribution is 7.90. The number of nitrogens with two attached hydrogens (primary N) is 1. The molecule has 1 aromatic rings. The van der Waals surface area contributed by atoms with Gasteiger partial charge in [-0.3, -0.25) is 9.59 Å². The minimum absolute atomic E-state index is 0.138. The molecule has 2 amide bonds. The number of allylic oxidation sites excluding steroid dienone is 1. The van der Waals surface area contributed by atoms with E-state index in [4.69, 9.17) is 5.73 Å². The molecule has 2 rings (SSSR count). The third-order valence-corrected chi connectivity index (χ3v) is 5.32. The number of para-hydroxylation sites is 1. The van der Waals surface area contributed by atoms with E-state index in [0.717, 1.165) is 12.8 Å². The summed E-state index contributed by atoms with van der Waals surface area (Å²) < 4.78 is 27.2. The number of nitrogens with one attached hydrogen (secondary N) is 2. The SMILES string of the molecule is CC1(N)CC=CCCCCC(=O)Nc2ccccc2S(=O)(=O)NC1=O. The number of carbonyl (C=O) groups is 2. The molecule has 136 valence electrons. The van der Waals surface area contributed by atoms with Gasteiger partial charge in [0, 0.05) is 6.42 Å². The number of carbonyl (C=O) groups excluding carboxylic acids is 2. The quantitative estimate of drug-likeness (QED) is 0.604. The summed E-state index contributed by atoms with van der Waals surface area (Å²) in [6.45, 7) is 1.48. The molecule has 7 nitrogen and oxygen atoms in total. The lowest BCUT2D eigenvalue weighted by atomic mass is 9.98. The van der Waals surface area contributed by atoms with Crippen molar-refractivity contribution in [3.63, 3.8) is 0 Å². The largest absolute Gasteiger partial charge is 0.325 e. The number of fused-ring (bicyclic) bond motifs is 1. The maximum atomic E-state index is 12.6. The van der Waals surface area contributed by atoms with Crippen molar-refractivity contribution in [3.8, 4) is 0 Å². The summed E-state index contributed by atoms with van der Waals surface area (Å²) in [7, 11) is -4.16. The van der Waals surface area contributed by atoms with Crippen molar-refractivity contribution < 1.29 is 18.0 Å². The van der Waals surface area contributed by atoms with E-state index in [2.05, 4.69) is 5.32 Å². The predicted octanol–water partition coefficient (Wildman–Crippen LogP) is 1.67. The van der Waals surface area contributed by atoms with Gasteiger partial charge in [0.1, 0.15) is 4.90 Å². The maximum Gasteiger partial charge on any atom is 0.266 e. The van der Waals surface area contributed by atoms with E-state index in [1.165, 1.54) is 25.1 Å². The van der Waals surface area contributed by atoms with Gasteiger partial charge in [-0.15, -0.1) is 0 Å². The number of rotatable bonds is 0. The molecule has 0 spiro atoms. The van der Waals surface area contributed by atoms with E-state index in [1.54, 1.807) is 12.1 Å². The zero-order valence-corrected chi connectivity index (χ0v) is 14.9. The lowest BCUT2D eigenvalue weighted by Crippen LogP contribution is -2.52. The van der Waals surface area contributed by atoms with Crippen molar-refractivity contribution in [2.24, 2.45) is 5.73 Å². The van der Waals surface area contributed by atoms with Crippen LogP contribution < -0.4 is 15.8 Å². The highest BCUT2D eigenvalue weighted by Crippen LogP contribution is 2.22. The molecule has 0 saturated heterocycles. The minimum Gasteiger partial charge on any atom is -0.325 e. The molecule has 1 unspecified atom stereocenters. The smallest absolute Gasteiger partial charge is 0.266 e. The second-order valence-corrected chi connectivity index (χ2v) is 7.97. The third-order valence-electron chi connectivity index (χ3n) is 3.93. The van der Waals surface area contributed by atoms with Crippen LogP contribution >= 0.6 is 0 Å². The van der Waals surface area contributed by atoms with E-state index in [-0.39, 0.29) is 22.9 Å². The maximum absolute atomic E-state index is 12.6. The molecule has 8 heteroatoms. The Morgan fingerprint density at radius 1 is 1.12 bits per heavy atom. The Morgan fingerprint density at radius 2 is 1.84 bits per heavy atom. The molecule has 0 aliphatic carbocycles. The first kappa shape index (κ1) is 19.1. The molecular formula is C17H23N3O4S. The van der Waals surface area contributed by atoms with E-state index in [9.17, 15) is 18.0 Å². The molecule has 25 heavy (non-hydrogen) atoms. The Kier molecular flexibility index (Phi) is 5.97. The standard InChI is InChI=1S/C17H23N3O4S/c1-17(18)12-8-4-2-3-5-11-15(21)19-13-9-6-7-10-14(13)25(23,24)20-16(17)22/h4,6-10H,2-3,5,11-12,18H2,1H3,(H,19,21)(H,20,22). The molecule has 0 saturated carbocycles. The number of anilines is 1. The Bertz CT molecular complexity index is 785. The third kappa shape index (κ3) is 5.14. The molecule has 0 radical (unpaired) electrons. The van der Waals surface area contributed by atoms with Gasteiger partial charge in [-0.25, -0.2) is 13.1 Å². The summed E-state index contributed by atoms with van der Waals surface area (Å²) in [5.41, 5.74) is 4.75. The number of benzene rings is 1. The molecule has 1 aromatic carbocycles. The topological polar surface area (TPSA) is 118 Å². The van der Waals surface area contributed by atoms with Crippen molar-refractivity contribution in [1.29, 1.82) is 0 Å². The monoisotopic (exact) mass is 365 g/mol. The van der Waals surface area contributed by atoms with Crippen molar-refractivity contribution in [2.45, 2.75) is 49.5 Å². The van der Waals surface area contributed by atoms with Crippen LogP contribution in [-0.2, 0) is 19.6 Å². The van der Waals surface area contributed by atoms with Crippen LogP contribution in [-0.4, -0.2) is 25.8 Å². The summed E-state index contributed by atoms with van der Waals surface area (Å²) in [5.74, 6) is -1.07. The highest BCUT2D eigenvalue weighted by Gasteiger charge is 2.32. The Labute approximate surface area is 147 Å². The first-order valence-corrected chi connectivity index (χ1v) is 9.61. The van der Waals surface area contributed by atoms with Crippen LogP contribution in [0.2, 0.25) is 0 Å². The van der Waals surface area contributed by atoms with E-state index < -0.39 is 21.5 Å². The molecule has 1 aliphatic rings. The van der Waals surface area contributed by atoms with Gasteiger partial charge in [-0.2, -0.15) is 0 Å². The van der Waals surface area contributed by atoms with Crippen LogP contribution in [0, 0.1) is 0 Å². The predicted molar refractivity (Wildman–Crippen MR) is 95.2 cm³/mol. The van der Waals surface area contributed by atoms with Gasteiger partial charge < -0.3 is 11.1 Å². The molecule has 0 aromatic heterocycles. The zero-order chi connectivity index (χ0) is 18.5. The molecule has 1 atom stereocenters. The van der Waals surface area contributed by atoms with Gasteiger partial charge in [-0.05, 0) is 44.7 Å². The Morgan fingerprint density at radius 3 is 2.60 bits per heavy atom. The van der Waals surface area contributed by atoms with Crippen LogP contribution in [0.4, 0.5) is 5.69 Å². The second kappa shape index (κ2) is 7.79. The van der Waals surface area contributed by atoms with E-state index >= 15 is 0 Å². The summed E-state index contributed by atoms with van der Waals surface area (Å²) in [6.07, 6.45) is 6.43. The highest BCUT2D eigenvalue weighted by atomic mass is 32.2. The van der Waals surface area contributed by atoms with Gasteiger partial charge in [0.05, 0.1) is 11.2 Å². The lowest BCUT2D eigenvalue weighted by molar-refractivity contribution is -0.123. The summed E-state index contributed by atoms with van der Waals surface area (Å²) in [5, 5.41) is 2.60.